The summed E-state index contributed by atoms with van der Waals surface area (Å²) < 4.78 is 36.5. The molecule has 7 atom stereocenters. The van der Waals surface area contributed by atoms with Crippen molar-refractivity contribution in [2.75, 3.05) is 47.0 Å². The Hall–Kier alpha value is -5.14. The van der Waals surface area contributed by atoms with Crippen molar-refractivity contribution in [3.8, 4) is 46.3 Å². The van der Waals surface area contributed by atoms with Crippen LogP contribution in [-0.4, -0.2) is 97.0 Å². The highest BCUT2D eigenvalue weighted by Crippen LogP contribution is 2.64. The van der Waals surface area contributed by atoms with Gasteiger partial charge in [-0.2, -0.15) is 5.26 Å². The number of carbonyl (C=O) groups is 2. The molecule has 7 heterocycles. The number of esters is 2. The number of methoxy groups -OCH3 is 2. The number of nitriles is 1. The molecule has 304 valence electrons. The molecule has 3 aromatic carbocycles. The number of thioether (sulfide) groups is 1. The van der Waals surface area contributed by atoms with Crippen LogP contribution in [0.1, 0.15) is 74.7 Å². The number of hydrogen-bond donors (Lipinski definition) is 3. The van der Waals surface area contributed by atoms with Gasteiger partial charge in [0, 0.05) is 53.1 Å². The third-order valence-corrected chi connectivity index (χ3v) is 14.4. The van der Waals surface area contributed by atoms with Gasteiger partial charge in [0.15, 0.2) is 40.0 Å². The first-order chi connectivity index (χ1) is 28.0. The van der Waals surface area contributed by atoms with E-state index in [1.165, 1.54) is 26.0 Å². The maximum Gasteiger partial charge on any atom is 0.331 e. The number of fused-ring (bicyclic) bond motifs is 9. The molecule has 2 saturated heterocycles. The van der Waals surface area contributed by atoms with Crippen LogP contribution in [0.25, 0.3) is 0 Å². The number of carbonyl (C=O) groups excluding carboxylic acids is 2. The largest absolute Gasteiger partial charge is 0.504 e. The molecule has 0 saturated carbocycles. The molecule has 1 spiro atoms. The lowest BCUT2D eigenvalue weighted by molar-refractivity contribution is -0.157. The molecule has 7 aliphatic heterocycles. The highest BCUT2D eigenvalue weighted by molar-refractivity contribution is 7.99. The number of likely N-dealkylation sites (N-methyl/N-ethyl adjacent to an activating group) is 1. The van der Waals surface area contributed by atoms with Crippen LogP contribution in [0.3, 0.4) is 0 Å². The van der Waals surface area contributed by atoms with Crippen LogP contribution in [0.2, 0.25) is 0 Å². The number of aryl methyl sites for hydroxylation is 1. The van der Waals surface area contributed by atoms with Crippen LogP contribution < -0.4 is 29.0 Å². The van der Waals surface area contributed by atoms with Crippen molar-refractivity contribution in [2.24, 2.45) is 0 Å². The third-order valence-electron chi connectivity index (χ3n) is 13.0. The van der Waals surface area contributed by atoms with Crippen molar-refractivity contribution in [2.45, 2.75) is 80.5 Å². The van der Waals surface area contributed by atoms with Crippen molar-refractivity contribution < 1.29 is 48.2 Å². The van der Waals surface area contributed by atoms with Gasteiger partial charge >= 0.3 is 11.9 Å². The van der Waals surface area contributed by atoms with E-state index < -0.39 is 46.9 Å². The molecule has 14 nitrogen and oxygen atoms in total. The van der Waals surface area contributed by atoms with Gasteiger partial charge in [-0.1, -0.05) is 12.1 Å². The van der Waals surface area contributed by atoms with Crippen LogP contribution in [0, 0.1) is 25.2 Å². The Balaban J connectivity index is 1.33. The number of phenolic OH excluding ortho intramolecular Hbond substituents is 2. The first-order valence-corrected chi connectivity index (χ1v) is 20.5. The number of phenols is 2. The molecule has 7 aliphatic rings. The van der Waals surface area contributed by atoms with Gasteiger partial charge in [-0.05, 0) is 74.5 Å². The summed E-state index contributed by atoms with van der Waals surface area (Å²) in [6, 6.07) is 5.22. The molecule has 7 unspecified atom stereocenters. The highest BCUT2D eigenvalue weighted by atomic mass is 32.2. The van der Waals surface area contributed by atoms with E-state index in [4.69, 9.17) is 28.4 Å². The lowest BCUT2D eigenvalue weighted by atomic mass is 9.71. The summed E-state index contributed by atoms with van der Waals surface area (Å²) in [5, 5.41) is 37.1. The normalized spacial score (nSPS) is 28.0. The zero-order valence-corrected chi connectivity index (χ0v) is 33.9. The Kier molecular flexibility index (Phi) is 9.46. The average molecular weight is 811 g/mol. The minimum atomic E-state index is -1.38. The average Bonchev–Trinajstić information content (AvgIpc) is 3.70. The molecule has 15 heteroatoms. The Bertz CT molecular complexity index is 2310. The van der Waals surface area contributed by atoms with Gasteiger partial charge in [0.05, 0.1) is 37.6 Å². The predicted molar refractivity (Wildman–Crippen MR) is 212 cm³/mol. The van der Waals surface area contributed by atoms with Gasteiger partial charge in [0.1, 0.15) is 18.4 Å². The minimum Gasteiger partial charge on any atom is -0.504 e. The second-order valence-electron chi connectivity index (χ2n) is 15.8. The maximum absolute atomic E-state index is 14.8. The summed E-state index contributed by atoms with van der Waals surface area (Å²) in [6.07, 6.45) is 3.22. The van der Waals surface area contributed by atoms with E-state index in [2.05, 4.69) is 27.8 Å². The fraction of sp³-hybridized carbons (Fsp3) is 0.465. The quantitative estimate of drug-likeness (QED) is 0.174. The summed E-state index contributed by atoms with van der Waals surface area (Å²) in [5.74, 6) is 1.01. The van der Waals surface area contributed by atoms with E-state index in [1.54, 1.807) is 18.2 Å². The summed E-state index contributed by atoms with van der Waals surface area (Å²) in [6.45, 7) is 7.70. The maximum atomic E-state index is 14.8. The van der Waals surface area contributed by atoms with E-state index in [0.29, 0.717) is 76.6 Å². The molecule has 2 fully saturated rings. The molecule has 58 heavy (non-hydrogen) atoms. The number of allylic oxidation sites excluding steroid dienone is 1. The van der Waals surface area contributed by atoms with Gasteiger partial charge in [0.2, 0.25) is 6.79 Å². The van der Waals surface area contributed by atoms with Gasteiger partial charge in [-0.3, -0.25) is 19.9 Å². The Morgan fingerprint density at radius 1 is 1.10 bits per heavy atom. The number of hydrogen-bond acceptors (Lipinski definition) is 15. The molecule has 3 aromatic rings. The summed E-state index contributed by atoms with van der Waals surface area (Å²) >= 11 is 1.48. The Morgan fingerprint density at radius 2 is 1.90 bits per heavy atom. The summed E-state index contributed by atoms with van der Waals surface area (Å²) in [7, 11) is 4.99. The van der Waals surface area contributed by atoms with E-state index in [-0.39, 0.29) is 48.9 Å². The van der Waals surface area contributed by atoms with Crippen LogP contribution >= 0.6 is 11.8 Å². The lowest BCUT2D eigenvalue weighted by Gasteiger charge is -2.62. The standard InChI is InChI=1S/C43H46N4O10S/c1-7-8-9-30(49)57-38-21(3)39-40(56-19-55-39)32-27-17-54-42(51)43(24-15-29(52-5)28(48)14-22(24)10-11-45-43)18-58-41(33(32)38)35-34-31-23(12-20(2)37(53-6)36(31)50)13-25(46(34)4)26(16-44)47(27)35/h7,12,14-15,25-27,34-35,41,45,48,50H,1,8-11,13,17-19H2,2-6H3. The fourth-order valence-electron chi connectivity index (χ4n) is 10.4. The van der Waals surface area contributed by atoms with E-state index in [9.17, 15) is 25.1 Å². The third kappa shape index (κ3) is 5.41. The number of benzene rings is 3. The number of rotatable bonds is 6. The van der Waals surface area contributed by atoms with E-state index >= 15 is 0 Å². The molecule has 0 radical (unpaired) electrons. The second-order valence-corrected chi connectivity index (χ2v) is 16.9. The first-order valence-electron chi connectivity index (χ1n) is 19.5. The van der Waals surface area contributed by atoms with Crippen molar-refractivity contribution in [3.05, 3.63) is 75.4 Å². The van der Waals surface area contributed by atoms with E-state index in [0.717, 1.165) is 16.7 Å². The monoisotopic (exact) mass is 810 g/mol. The molecular weight excluding hydrogens is 765 g/mol. The molecule has 3 N–H and O–H groups in total. The lowest BCUT2D eigenvalue weighted by Crippen LogP contribution is -2.69. The second kappa shape index (κ2) is 14.3. The first kappa shape index (κ1) is 38.4. The summed E-state index contributed by atoms with van der Waals surface area (Å²) in [5.41, 5.74) is 4.37. The highest BCUT2D eigenvalue weighted by Gasteiger charge is 2.62. The number of nitrogens with zero attached hydrogens (tertiary/aromatic N) is 3. The van der Waals surface area contributed by atoms with Crippen molar-refractivity contribution in [1.29, 1.82) is 5.26 Å². The van der Waals surface area contributed by atoms with Gasteiger partial charge in [-0.15, -0.1) is 18.3 Å². The van der Waals surface area contributed by atoms with Crippen LogP contribution in [-0.2, 0) is 32.7 Å². The molecular formula is C43H46N4O10S. The smallest absolute Gasteiger partial charge is 0.331 e. The van der Waals surface area contributed by atoms with Crippen LogP contribution in [0.5, 0.6) is 40.2 Å². The van der Waals surface area contributed by atoms with E-state index in [1.807, 2.05) is 27.0 Å². The predicted octanol–water partition coefficient (Wildman–Crippen LogP) is 4.93. The number of ether oxygens (including phenoxy) is 6. The van der Waals surface area contributed by atoms with Crippen LogP contribution in [0.15, 0.2) is 30.9 Å². The number of piperazine rings is 1. The SMILES string of the molecule is C=CCCC(=O)Oc1c(C)c2c(c3c1C1SCC4(NCCc5cc(O)c(OC)cc54)C(=O)OCC3N3C(C#N)C4Cc5cc(C)c(OC)c(O)c5C(C13)N4C)OCO2. The Labute approximate surface area is 340 Å². The van der Waals surface area contributed by atoms with Crippen LogP contribution in [0.4, 0.5) is 0 Å². The zero-order valence-electron chi connectivity index (χ0n) is 33.0. The van der Waals surface area contributed by atoms with Crippen molar-refractivity contribution in [1.82, 2.24) is 15.1 Å². The van der Waals surface area contributed by atoms with Crippen molar-refractivity contribution in [3.63, 3.8) is 0 Å². The molecule has 0 amide bonds. The number of nitrogens with one attached hydrogen (secondary N) is 1. The molecule has 0 aliphatic carbocycles. The molecule has 10 rings (SSSR count). The fourth-order valence-corrected chi connectivity index (χ4v) is 12.1. The van der Waals surface area contributed by atoms with Gasteiger partial charge in [0.25, 0.3) is 0 Å². The van der Waals surface area contributed by atoms with Gasteiger partial charge in [-0.25, -0.2) is 4.79 Å². The molecule has 0 aromatic heterocycles. The van der Waals surface area contributed by atoms with Crippen molar-refractivity contribution >= 4 is 23.7 Å². The summed E-state index contributed by atoms with van der Waals surface area (Å²) in [4.78, 5) is 32.8. The number of aromatic hydroxyl groups is 2. The minimum absolute atomic E-state index is 0.0268. The molecule has 4 bridgehead atoms. The topological polar surface area (TPSA) is 172 Å². The Morgan fingerprint density at radius 3 is 2.64 bits per heavy atom. The van der Waals surface area contributed by atoms with Gasteiger partial charge < -0.3 is 38.6 Å². The zero-order chi connectivity index (χ0) is 40.8.